The molecule has 0 aliphatic carbocycles. The highest BCUT2D eigenvalue weighted by molar-refractivity contribution is 6.00. The van der Waals surface area contributed by atoms with Crippen LogP contribution in [0.5, 0.6) is 0 Å². The van der Waals surface area contributed by atoms with Crippen LogP contribution in [0.25, 0.3) is 0 Å². The number of carbonyl (C=O) groups is 2. The van der Waals surface area contributed by atoms with Gasteiger partial charge >= 0.3 is 6.03 Å². The number of benzene rings is 2. The molecule has 0 aliphatic rings. The van der Waals surface area contributed by atoms with Crippen molar-refractivity contribution in [2.24, 2.45) is 0 Å². The molecule has 0 atom stereocenters. The highest BCUT2D eigenvalue weighted by Crippen LogP contribution is 2.11. The largest absolute Gasteiger partial charge is 0.352 e. The predicted molar refractivity (Wildman–Crippen MR) is 97.4 cm³/mol. The number of urea groups is 1. The van der Waals surface area contributed by atoms with Crippen LogP contribution in [-0.2, 0) is 0 Å². The van der Waals surface area contributed by atoms with Gasteiger partial charge in [0, 0.05) is 23.5 Å². The van der Waals surface area contributed by atoms with Gasteiger partial charge in [-0.3, -0.25) is 4.79 Å². The zero-order chi connectivity index (χ0) is 17.2. The number of carbonyl (C=O) groups excluding carboxylic acids is 2. The molecule has 5 heteroatoms. The van der Waals surface area contributed by atoms with Crippen molar-refractivity contribution in [2.45, 2.75) is 26.2 Å². The normalized spacial score (nSPS) is 10.0. The van der Waals surface area contributed by atoms with Crippen LogP contribution < -0.4 is 16.0 Å². The van der Waals surface area contributed by atoms with Crippen molar-refractivity contribution in [2.75, 3.05) is 17.2 Å². The number of unbranched alkanes of at least 4 members (excludes halogenated alkanes) is 2. The summed E-state index contributed by atoms with van der Waals surface area (Å²) in [6, 6.07) is 15.7. The minimum atomic E-state index is -0.321. The molecule has 0 aliphatic heterocycles. The number of hydrogen-bond acceptors (Lipinski definition) is 2. The first-order valence-corrected chi connectivity index (χ1v) is 8.20. The zero-order valence-corrected chi connectivity index (χ0v) is 13.8. The number of anilines is 2. The van der Waals surface area contributed by atoms with Gasteiger partial charge in [0.25, 0.3) is 5.91 Å². The van der Waals surface area contributed by atoms with Gasteiger partial charge in [0.15, 0.2) is 0 Å². The van der Waals surface area contributed by atoms with Gasteiger partial charge in [-0.2, -0.15) is 0 Å². The Morgan fingerprint density at radius 2 is 1.46 bits per heavy atom. The van der Waals surface area contributed by atoms with Gasteiger partial charge in [0.1, 0.15) is 0 Å². The second-order valence-corrected chi connectivity index (χ2v) is 5.49. The molecule has 126 valence electrons. The summed E-state index contributed by atoms with van der Waals surface area (Å²) in [5.74, 6) is -0.0913. The fourth-order valence-electron chi connectivity index (χ4n) is 2.20. The number of hydrogen-bond donors (Lipinski definition) is 3. The molecule has 0 saturated carbocycles. The Morgan fingerprint density at radius 1 is 0.833 bits per heavy atom. The summed E-state index contributed by atoms with van der Waals surface area (Å²) in [6.07, 6.45) is 3.22. The summed E-state index contributed by atoms with van der Waals surface area (Å²) >= 11 is 0. The monoisotopic (exact) mass is 325 g/mol. The summed E-state index contributed by atoms with van der Waals surface area (Å²) in [6.45, 7) is 2.81. The average Bonchev–Trinajstić information content (AvgIpc) is 2.60. The Balaban J connectivity index is 1.83. The van der Waals surface area contributed by atoms with Crippen LogP contribution in [0.4, 0.5) is 16.2 Å². The number of nitrogens with one attached hydrogen (secondary N) is 3. The topological polar surface area (TPSA) is 70.2 Å². The minimum absolute atomic E-state index is 0.0913. The van der Waals surface area contributed by atoms with Gasteiger partial charge in [-0.15, -0.1) is 0 Å². The van der Waals surface area contributed by atoms with Gasteiger partial charge in [-0.05, 0) is 42.8 Å². The van der Waals surface area contributed by atoms with Crippen molar-refractivity contribution in [3.8, 4) is 0 Å². The SMILES string of the molecule is CCCCCNC(=O)c1ccc(NC(=O)Nc2ccccc2)cc1. The fraction of sp³-hybridized carbons (Fsp3) is 0.263. The van der Waals surface area contributed by atoms with Crippen LogP contribution >= 0.6 is 0 Å². The van der Waals surface area contributed by atoms with E-state index in [1.807, 2.05) is 30.3 Å². The molecule has 0 bridgehead atoms. The first kappa shape index (κ1) is 17.5. The predicted octanol–water partition coefficient (Wildman–Crippen LogP) is 4.25. The van der Waals surface area contributed by atoms with Crippen LogP contribution in [0.15, 0.2) is 54.6 Å². The van der Waals surface area contributed by atoms with E-state index in [2.05, 4.69) is 22.9 Å². The quantitative estimate of drug-likeness (QED) is 0.666. The van der Waals surface area contributed by atoms with E-state index in [1.165, 1.54) is 0 Å². The van der Waals surface area contributed by atoms with E-state index in [9.17, 15) is 9.59 Å². The Bertz CT molecular complexity index is 654. The van der Waals surface area contributed by atoms with Crippen molar-refractivity contribution < 1.29 is 9.59 Å². The third kappa shape index (κ3) is 5.76. The maximum absolute atomic E-state index is 12.0. The molecule has 0 radical (unpaired) electrons. The van der Waals surface area contributed by atoms with E-state index in [-0.39, 0.29) is 11.9 Å². The number of para-hydroxylation sites is 1. The lowest BCUT2D eigenvalue weighted by Gasteiger charge is -2.09. The second-order valence-electron chi connectivity index (χ2n) is 5.49. The maximum atomic E-state index is 12.0. The molecule has 2 aromatic carbocycles. The summed E-state index contributed by atoms with van der Waals surface area (Å²) in [5, 5.41) is 8.36. The molecule has 5 nitrogen and oxygen atoms in total. The van der Waals surface area contributed by atoms with Crippen molar-refractivity contribution in [3.05, 3.63) is 60.2 Å². The summed E-state index contributed by atoms with van der Waals surface area (Å²) in [4.78, 5) is 23.9. The molecule has 2 rings (SSSR count). The average molecular weight is 325 g/mol. The van der Waals surface area contributed by atoms with E-state index in [0.29, 0.717) is 17.8 Å². The third-order valence-electron chi connectivity index (χ3n) is 3.50. The van der Waals surface area contributed by atoms with E-state index in [4.69, 9.17) is 0 Å². The lowest BCUT2D eigenvalue weighted by atomic mass is 10.2. The highest BCUT2D eigenvalue weighted by atomic mass is 16.2. The number of rotatable bonds is 7. The molecule has 0 fully saturated rings. The Labute approximate surface area is 142 Å². The highest BCUT2D eigenvalue weighted by Gasteiger charge is 2.06. The van der Waals surface area contributed by atoms with Crippen LogP contribution in [-0.4, -0.2) is 18.5 Å². The lowest BCUT2D eigenvalue weighted by molar-refractivity contribution is 0.0953. The van der Waals surface area contributed by atoms with Gasteiger partial charge in [-0.25, -0.2) is 4.79 Å². The van der Waals surface area contributed by atoms with Gasteiger partial charge in [0.2, 0.25) is 0 Å². The Hall–Kier alpha value is -2.82. The van der Waals surface area contributed by atoms with Crippen LogP contribution in [0.1, 0.15) is 36.5 Å². The van der Waals surface area contributed by atoms with Crippen molar-refractivity contribution in [3.63, 3.8) is 0 Å². The maximum Gasteiger partial charge on any atom is 0.323 e. The van der Waals surface area contributed by atoms with Gasteiger partial charge in [-0.1, -0.05) is 38.0 Å². The molecule has 0 aromatic heterocycles. The van der Waals surface area contributed by atoms with Crippen LogP contribution in [0.3, 0.4) is 0 Å². The van der Waals surface area contributed by atoms with E-state index in [0.717, 1.165) is 24.9 Å². The van der Waals surface area contributed by atoms with E-state index < -0.39 is 0 Å². The summed E-state index contributed by atoms with van der Waals surface area (Å²) in [7, 11) is 0. The van der Waals surface area contributed by atoms with Gasteiger partial charge < -0.3 is 16.0 Å². The fourth-order valence-corrected chi connectivity index (χ4v) is 2.20. The van der Waals surface area contributed by atoms with Crippen molar-refractivity contribution in [1.29, 1.82) is 0 Å². The first-order valence-electron chi connectivity index (χ1n) is 8.20. The Kier molecular flexibility index (Phi) is 6.83. The van der Waals surface area contributed by atoms with Crippen molar-refractivity contribution >= 4 is 23.3 Å². The van der Waals surface area contributed by atoms with Gasteiger partial charge in [0.05, 0.1) is 0 Å². The van der Waals surface area contributed by atoms with Crippen LogP contribution in [0, 0.1) is 0 Å². The molecule has 0 unspecified atom stereocenters. The molecular formula is C19H23N3O2. The van der Waals surface area contributed by atoms with E-state index >= 15 is 0 Å². The van der Waals surface area contributed by atoms with Crippen molar-refractivity contribution in [1.82, 2.24) is 5.32 Å². The van der Waals surface area contributed by atoms with Crippen LogP contribution in [0.2, 0.25) is 0 Å². The lowest BCUT2D eigenvalue weighted by Crippen LogP contribution is -2.24. The minimum Gasteiger partial charge on any atom is -0.352 e. The molecule has 0 heterocycles. The summed E-state index contributed by atoms with van der Waals surface area (Å²) < 4.78 is 0. The molecule has 0 saturated heterocycles. The third-order valence-corrected chi connectivity index (χ3v) is 3.50. The molecule has 0 spiro atoms. The number of amides is 3. The van der Waals surface area contributed by atoms with E-state index in [1.54, 1.807) is 24.3 Å². The first-order chi connectivity index (χ1) is 11.7. The molecule has 3 N–H and O–H groups in total. The zero-order valence-electron chi connectivity index (χ0n) is 13.8. The standard InChI is InChI=1S/C19H23N3O2/c1-2-3-7-14-20-18(23)15-10-12-17(13-11-15)22-19(24)21-16-8-5-4-6-9-16/h4-6,8-13H,2-3,7,14H2,1H3,(H,20,23)(H2,21,22,24). The molecular weight excluding hydrogens is 302 g/mol. The molecule has 24 heavy (non-hydrogen) atoms. The Morgan fingerprint density at radius 3 is 2.08 bits per heavy atom. The summed E-state index contributed by atoms with van der Waals surface area (Å²) in [5.41, 5.74) is 1.93. The smallest absolute Gasteiger partial charge is 0.323 e. The molecule has 3 amide bonds. The second kappa shape index (κ2) is 9.35. The molecule has 2 aromatic rings.